The predicted octanol–water partition coefficient (Wildman–Crippen LogP) is 3.09. The predicted molar refractivity (Wildman–Crippen MR) is 70.4 cm³/mol. The molecule has 0 amide bonds. The van der Waals surface area contributed by atoms with E-state index < -0.39 is 0 Å². The molecule has 0 spiro atoms. The Kier molecular flexibility index (Phi) is 2.06. The van der Waals surface area contributed by atoms with Crippen molar-refractivity contribution >= 4 is 11.0 Å². The number of hydrogen-bond acceptors (Lipinski definition) is 1. The van der Waals surface area contributed by atoms with Gasteiger partial charge in [-0.05, 0) is 42.5 Å². The molecule has 0 aliphatic heterocycles. The number of aromatic nitrogens is 3. The van der Waals surface area contributed by atoms with Gasteiger partial charge in [0.2, 0.25) is 0 Å². The Morgan fingerprint density at radius 2 is 2.33 bits per heavy atom. The van der Waals surface area contributed by atoms with Crippen molar-refractivity contribution in [1.29, 1.82) is 0 Å². The monoisotopic (exact) mass is 236 g/mol. The summed E-state index contributed by atoms with van der Waals surface area (Å²) >= 11 is 0. The second-order valence-corrected chi connectivity index (χ2v) is 5.02. The summed E-state index contributed by atoms with van der Waals surface area (Å²) in [5.74, 6) is 0.769. The van der Waals surface area contributed by atoms with E-state index in [0.29, 0.717) is 0 Å². The van der Waals surface area contributed by atoms with Crippen LogP contribution >= 0.6 is 0 Å². The molecule has 1 aliphatic carbocycles. The molecule has 1 aliphatic rings. The summed E-state index contributed by atoms with van der Waals surface area (Å²) in [7, 11) is 0. The lowest BCUT2D eigenvalue weighted by atomic mass is 10.2. The van der Waals surface area contributed by atoms with E-state index in [1.807, 2.05) is 0 Å². The summed E-state index contributed by atoms with van der Waals surface area (Å²) in [5.41, 5.74) is 4.86. The molecule has 4 rings (SSSR count). The van der Waals surface area contributed by atoms with Gasteiger partial charge in [0.15, 0.2) is 0 Å². The summed E-state index contributed by atoms with van der Waals surface area (Å²) in [4.78, 5) is 7.43. The molecule has 3 heteroatoms. The van der Waals surface area contributed by atoms with E-state index in [2.05, 4.69) is 51.1 Å². The number of hydrogen-bond donors (Lipinski definition) is 1. The third-order valence-electron chi connectivity index (χ3n) is 3.63. The molecule has 1 N–H and O–H groups in total. The Morgan fingerprint density at radius 3 is 3.22 bits per heavy atom. The lowest BCUT2D eigenvalue weighted by Gasteiger charge is -2.08. The van der Waals surface area contributed by atoms with E-state index in [-0.39, 0.29) is 0 Å². The van der Waals surface area contributed by atoms with Crippen molar-refractivity contribution < 1.29 is 0 Å². The smallest absolute Gasteiger partial charge is 0.0931 e. The fourth-order valence-electron chi connectivity index (χ4n) is 2.51. The van der Waals surface area contributed by atoms with Gasteiger partial charge in [0.05, 0.1) is 17.4 Å². The molecule has 1 radical (unpaired) electrons. The fourth-order valence-corrected chi connectivity index (χ4v) is 2.51. The fraction of sp³-hybridized carbons (Fsp3) is 0.267. The van der Waals surface area contributed by atoms with Crippen molar-refractivity contribution in [2.24, 2.45) is 0 Å². The van der Waals surface area contributed by atoms with Gasteiger partial charge in [-0.1, -0.05) is 6.07 Å². The highest BCUT2D eigenvalue weighted by Crippen LogP contribution is 2.40. The number of benzene rings is 1. The van der Waals surface area contributed by atoms with Crippen molar-refractivity contribution in [3.8, 4) is 0 Å². The van der Waals surface area contributed by atoms with Crippen LogP contribution in [0.15, 0.2) is 36.8 Å². The molecular weight excluding hydrogens is 222 g/mol. The average molecular weight is 236 g/mol. The number of aromatic amines is 1. The van der Waals surface area contributed by atoms with Gasteiger partial charge in [-0.15, -0.1) is 0 Å². The summed E-state index contributed by atoms with van der Waals surface area (Å²) < 4.78 is 2.31. The largest absolute Gasteiger partial charge is 0.346 e. The molecule has 0 saturated heterocycles. The van der Waals surface area contributed by atoms with Crippen LogP contribution in [0.25, 0.3) is 11.0 Å². The van der Waals surface area contributed by atoms with E-state index in [4.69, 9.17) is 0 Å². The van der Waals surface area contributed by atoms with Crippen LogP contribution in [0.5, 0.6) is 0 Å². The topological polar surface area (TPSA) is 33.6 Å². The maximum atomic E-state index is 4.31. The number of nitrogens with one attached hydrogen (secondary N) is 1. The summed E-state index contributed by atoms with van der Waals surface area (Å²) in [6.07, 6.45) is 6.46. The molecule has 1 fully saturated rings. The van der Waals surface area contributed by atoms with Gasteiger partial charge in [0.25, 0.3) is 0 Å². The van der Waals surface area contributed by atoms with Gasteiger partial charge in [0, 0.05) is 24.5 Å². The maximum absolute atomic E-state index is 4.31. The van der Waals surface area contributed by atoms with E-state index in [9.17, 15) is 0 Å². The zero-order chi connectivity index (χ0) is 11.9. The SMILES string of the molecule is [c]1cc(C2CC2)n(Cc2ccc3[nH]cnc3c2)c1. The van der Waals surface area contributed by atoms with Crippen LogP contribution in [-0.4, -0.2) is 14.5 Å². The van der Waals surface area contributed by atoms with Crippen LogP contribution in [0.4, 0.5) is 0 Å². The van der Waals surface area contributed by atoms with Crippen molar-refractivity contribution in [2.45, 2.75) is 25.3 Å². The molecule has 0 unspecified atom stereocenters. The van der Waals surface area contributed by atoms with E-state index in [1.54, 1.807) is 6.33 Å². The molecule has 89 valence electrons. The van der Waals surface area contributed by atoms with Gasteiger partial charge in [-0.3, -0.25) is 0 Å². The van der Waals surface area contributed by atoms with Crippen LogP contribution in [0.3, 0.4) is 0 Å². The first-order valence-corrected chi connectivity index (χ1v) is 6.38. The lowest BCUT2D eigenvalue weighted by Crippen LogP contribution is -2.02. The minimum absolute atomic E-state index is 0.769. The summed E-state index contributed by atoms with van der Waals surface area (Å²) in [5, 5.41) is 0. The second kappa shape index (κ2) is 3.73. The molecule has 1 aromatic carbocycles. The number of fused-ring (bicyclic) bond motifs is 1. The standard InChI is InChI=1S/C15H14N3/c1-2-15(12-4-5-12)18(7-1)9-11-3-6-13-14(8-11)17-10-16-13/h2-3,6-8,10,12H,4-5,9H2,(H,16,17). The van der Waals surface area contributed by atoms with E-state index >= 15 is 0 Å². The molecule has 3 aromatic rings. The van der Waals surface area contributed by atoms with Crippen molar-refractivity contribution in [2.75, 3.05) is 0 Å². The van der Waals surface area contributed by atoms with Crippen LogP contribution in [0.1, 0.15) is 30.0 Å². The highest BCUT2D eigenvalue weighted by molar-refractivity contribution is 5.75. The third-order valence-corrected chi connectivity index (χ3v) is 3.63. The van der Waals surface area contributed by atoms with Gasteiger partial charge >= 0.3 is 0 Å². The molecule has 2 heterocycles. The number of H-pyrrole nitrogens is 1. The Bertz CT molecular complexity index is 688. The first kappa shape index (κ1) is 9.95. The van der Waals surface area contributed by atoms with E-state index in [1.165, 1.54) is 24.1 Å². The van der Waals surface area contributed by atoms with Crippen molar-refractivity contribution in [1.82, 2.24) is 14.5 Å². The minimum Gasteiger partial charge on any atom is -0.346 e. The van der Waals surface area contributed by atoms with Gasteiger partial charge in [0.1, 0.15) is 0 Å². The number of imidazole rings is 1. The summed E-state index contributed by atoms with van der Waals surface area (Å²) in [6, 6.07) is 11.8. The highest BCUT2D eigenvalue weighted by Gasteiger charge is 2.26. The molecule has 0 atom stereocenters. The lowest BCUT2D eigenvalue weighted by molar-refractivity contribution is 0.747. The molecule has 1 saturated carbocycles. The number of rotatable bonds is 3. The first-order chi connectivity index (χ1) is 8.90. The Hall–Kier alpha value is -2.03. The Morgan fingerprint density at radius 1 is 1.39 bits per heavy atom. The highest BCUT2D eigenvalue weighted by atomic mass is 15.0. The average Bonchev–Trinajstić information content (AvgIpc) is 2.95. The first-order valence-electron chi connectivity index (χ1n) is 6.38. The number of nitrogens with zero attached hydrogens (tertiary/aromatic N) is 2. The van der Waals surface area contributed by atoms with Crippen molar-refractivity contribution in [3.63, 3.8) is 0 Å². The van der Waals surface area contributed by atoms with Crippen LogP contribution in [0, 0.1) is 6.07 Å². The van der Waals surface area contributed by atoms with Crippen LogP contribution in [0.2, 0.25) is 0 Å². The quantitative estimate of drug-likeness (QED) is 0.745. The van der Waals surface area contributed by atoms with E-state index in [0.717, 1.165) is 23.5 Å². The second-order valence-electron chi connectivity index (χ2n) is 5.02. The maximum Gasteiger partial charge on any atom is 0.0931 e. The van der Waals surface area contributed by atoms with Crippen LogP contribution in [-0.2, 0) is 6.54 Å². The van der Waals surface area contributed by atoms with Gasteiger partial charge < -0.3 is 9.55 Å². The van der Waals surface area contributed by atoms with Crippen LogP contribution < -0.4 is 0 Å². The Labute approximate surface area is 105 Å². The zero-order valence-corrected chi connectivity index (χ0v) is 10.1. The summed E-state index contributed by atoms with van der Waals surface area (Å²) in [6.45, 7) is 0.915. The third kappa shape index (κ3) is 1.63. The Balaban J connectivity index is 1.68. The van der Waals surface area contributed by atoms with Crippen molar-refractivity contribution in [3.05, 3.63) is 54.1 Å². The zero-order valence-electron chi connectivity index (χ0n) is 10.1. The normalized spacial score (nSPS) is 15.3. The molecule has 18 heavy (non-hydrogen) atoms. The van der Waals surface area contributed by atoms with Gasteiger partial charge in [-0.2, -0.15) is 0 Å². The molecule has 0 bridgehead atoms. The molecule has 2 aromatic heterocycles. The minimum atomic E-state index is 0.769. The van der Waals surface area contributed by atoms with Gasteiger partial charge in [-0.25, -0.2) is 4.98 Å². The molecule has 3 nitrogen and oxygen atoms in total. The molecular formula is C15H14N3.